The first-order chi connectivity index (χ1) is 6.20. The lowest BCUT2D eigenvalue weighted by atomic mass is 10.1. The van der Waals surface area contributed by atoms with E-state index in [1.165, 1.54) is 0 Å². The fourth-order valence-corrected chi connectivity index (χ4v) is 1.54. The Morgan fingerprint density at radius 1 is 1.77 bits per heavy atom. The topological polar surface area (TPSA) is 75.4 Å². The maximum atomic E-state index is 11.3. The molecular formula is C8H15N3O2. The van der Waals surface area contributed by atoms with Crippen LogP contribution in [0.1, 0.15) is 13.3 Å². The van der Waals surface area contributed by atoms with E-state index < -0.39 is 0 Å². The maximum absolute atomic E-state index is 11.3. The predicted octanol–water partition coefficient (Wildman–Crippen LogP) is -1.32. The molecule has 74 valence electrons. The molecule has 1 heterocycles. The number of hydrogen-bond acceptors (Lipinski definition) is 3. The maximum Gasteiger partial charge on any atom is 0.242 e. The summed E-state index contributed by atoms with van der Waals surface area (Å²) < 4.78 is 0. The molecule has 13 heavy (non-hydrogen) atoms. The number of piperazine rings is 1. The largest absolute Gasteiger partial charge is 0.353 e. The van der Waals surface area contributed by atoms with Crippen LogP contribution in [0.5, 0.6) is 0 Å². The molecule has 1 rings (SSSR count). The van der Waals surface area contributed by atoms with Gasteiger partial charge in [-0.2, -0.15) is 0 Å². The highest BCUT2D eigenvalue weighted by Crippen LogP contribution is 2.07. The van der Waals surface area contributed by atoms with Crippen LogP contribution in [0.25, 0.3) is 0 Å². The van der Waals surface area contributed by atoms with Crippen LogP contribution in [0, 0.1) is 0 Å². The minimum atomic E-state index is -0.329. The van der Waals surface area contributed by atoms with Gasteiger partial charge in [-0.1, -0.05) is 6.92 Å². The standard InChI is InChI=1S/C8H15N3O2/c1-2-6-8(13)10-3-4-11(6)7(12)5-9/h6H,2-5,9H2,1H3,(H,10,13). The van der Waals surface area contributed by atoms with Gasteiger partial charge in [0.1, 0.15) is 6.04 Å². The van der Waals surface area contributed by atoms with Crippen molar-refractivity contribution in [1.82, 2.24) is 10.2 Å². The monoisotopic (exact) mass is 185 g/mol. The molecule has 2 amide bonds. The van der Waals surface area contributed by atoms with Gasteiger partial charge < -0.3 is 16.0 Å². The van der Waals surface area contributed by atoms with Crippen LogP contribution in [0.3, 0.4) is 0 Å². The summed E-state index contributed by atoms with van der Waals surface area (Å²) in [6.45, 7) is 2.96. The van der Waals surface area contributed by atoms with Gasteiger partial charge in [0.2, 0.25) is 11.8 Å². The van der Waals surface area contributed by atoms with Crippen LogP contribution in [0.4, 0.5) is 0 Å². The van der Waals surface area contributed by atoms with Crippen LogP contribution >= 0.6 is 0 Å². The van der Waals surface area contributed by atoms with Crippen LogP contribution in [0.2, 0.25) is 0 Å². The van der Waals surface area contributed by atoms with Gasteiger partial charge in [0.05, 0.1) is 6.54 Å². The van der Waals surface area contributed by atoms with Crippen molar-refractivity contribution < 1.29 is 9.59 Å². The van der Waals surface area contributed by atoms with Gasteiger partial charge in [0, 0.05) is 13.1 Å². The third-order valence-electron chi connectivity index (χ3n) is 2.21. The minimum Gasteiger partial charge on any atom is -0.353 e. The minimum absolute atomic E-state index is 0.0240. The lowest BCUT2D eigenvalue weighted by molar-refractivity contribution is -0.142. The molecule has 1 saturated heterocycles. The average molecular weight is 185 g/mol. The summed E-state index contributed by atoms with van der Waals surface area (Å²) in [5, 5.41) is 2.72. The molecule has 1 atom stereocenters. The Labute approximate surface area is 77.3 Å². The third-order valence-corrected chi connectivity index (χ3v) is 2.21. The third kappa shape index (κ3) is 1.98. The van der Waals surface area contributed by atoms with Crippen molar-refractivity contribution >= 4 is 11.8 Å². The Morgan fingerprint density at radius 2 is 2.46 bits per heavy atom. The molecule has 1 unspecified atom stereocenters. The Kier molecular flexibility index (Phi) is 3.25. The SMILES string of the molecule is CCC1C(=O)NCCN1C(=O)CN. The number of carbonyl (C=O) groups excluding carboxylic acids is 2. The quantitative estimate of drug-likeness (QED) is 0.560. The fourth-order valence-electron chi connectivity index (χ4n) is 1.54. The van der Waals surface area contributed by atoms with Crippen molar-refractivity contribution in [2.45, 2.75) is 19.4 Å². The van der Waals surface area contributed by atoms with E-state index in [1.54, 1.807) is 4.90 Å². The van der Waals surface area contributed by atoms with Gasteiger partial charge in [-0.3, -0.25) is 9.59 Å². The summed E-state index contributed by atoms with van der Waals surface area (Å²) >= 11 is 0. The normalized spacial score (nSPS) is 22.8. The number of rotatable bonds is 2. The second-order valence-corrected chi connectivity index (χ2v) is 3.01. The molecule has 0 aromatic rings. The van der Waals surface area contributed by atoms with Gasteiger partial charge in [-0.15, -0.1) is 0 Å². The van der Waals surface area contributed by atoms with Crippen LogP contribution in [-0.2, 0) is 9.59 Å². The van der Waals surface area contributed by atoms with E-state index in [2.05, 4.69) is 5.32 Å². The van der Waals surface area contributed by atoms with Crippen molar-refractivity contribution in [1.29, 1.82) is 0 Å². The molecule has 0 radical (unpaired) electrons. The first kappa shape index (κ1) is 9.98. The van der Waals surface area contributed by atoms with Crippen molar-refractivity contribution in [3.8, 4) is 0 Å². The van der Waals surface area contributed by atoms with Gasteiger partial charge in [0.15, 0.2) is 0 Å². The van der Waals surface area contributed by atoms with E-state index in [4.69, 9.17) is 5.73 Å². The van der Waals surface area contributed by atoms with Crippen LogP contribution < -0.4 is 11.1 Å². The molecule has 3 N–H and O–H groups in total. The molecule has 0 bridgehead atoms. The highest BCUT2D eigenvalue weighted by molar-refractivity contribution is 5.89. The molecule has 0 aromatic heterocycles. The van der Waals surface area contributed by atoms with E-state index in [1.807, 2.05) is 6.92 Å². The second-order valence-electron chi connectivity index (χ2n) is 3.01. The number of nitrogens with one attached hydrogen (secondary N) is 1. The van der Waals surface area contributed by atoms with Crippen molar-refractivity contribution in [2.75, 3.05) is 19.6 Å². The van der Waals surface area contributed by atoms with E-state index in [0.29, 0.717) is 19.5 Å². The Balaban J connectivity index is 2.70. The number of hydrogen-bond donors (Lipinski definition) is 2. The first-order valence-electron chi connectivity index (χ1n) is 4.48. The van der Waals surface area contributed by atoms with Crippen LogP contribution in [0.15, 0.2) is 0 Å². The number of carbonyl (C=O) groups is 2. The molecule has 0 spiro atoms. The summed E-state index contributed by atoms with van der Waals surface area (Å²) in [6, 6.07) is -0.329. The second kappa shape index (κ2) is 4.23. The lowest BCUT2D eigenvalue weighted by Crippen LogP contribution is -2.58. The molecule has 1 fully saturated rings. The molecule has 5 heteroatoms. The molecule has 1 aliphatic heterocycles. The Hall–Kier alpha value is -1.10. The van der Waals surface area contributed by atoms with E-state index in [9.17, 15) is 9.59 Å². The molecule has 0 saturated carbocycles. The number of amides is 2. The average Bonchev–Trinajstić information content (AvgIpc) is 2.16. The fraction of sp³-hybridized carbons (Fsp3) is 0.750. The van der Waals surface area contributed by atoms with Crippen LogP contribution in [-0.4, -0.2) is 42.4 Å². The van der Waals surface area contributed by atoms with Gasteiger partial charge in [-0.05, 0) is 6.42 Å². The van der Waals surface area contributed by atoms with Gasteiger partial charge in [-0.25, -0.2) is 0 Å². The molecule has 1 aliphatic rings. The predicted molar refractivity (Wildman–Crippen MR) is 47.9 cm³/mol. The summed E-state index contributed by atoms with van der Waals surface area (Å²) in [6.07, 6.45) is 0.636. The zero-order valence-electron chi connectivity index (χ0n) is 7.75. The Morgan fingerprint density at radius 3 is 3.00 bits per heavy atom. The zero-order valence-corrected chi connectivity index (χ0v) is 7.75. The molecule has 0 aliphatic carbocycles. The molecular weight excluding hydrogens is 170 g/mol. The van der Waals surface area contributed by atoms with Gasteiger partial charge >= 0.3 is 0 Å². The van der Waals surface area contributed by atoms with E-state index in [-0.39, 0.29) is 24.4 Å². The van der Waals surface area contributed by atoms with E-state index >= 15 is 0 Å². The van der Waals surface area contributed by atoms with Crippen molar-refractivity contribution in [3.05, 3.63) is 0 Å². The summed E-state index contributed by atoms with van der Waals surface area (Å²) in [5.74, 6) is -0.225. The number of nitrogens with two attached hydrogens (primary N) is 1. The van der Waals surface area contributed by atoms with Crippen molar-refractivity contribution in [3.63, 3.8) is 0 Å². The lowest BCUT2D eigenvalue weighted by Gasteiger charge is -2.34. The summed E-state index contributed by atoms with van der Waals surface area (Å²) in [4.78, 5) is 24.2. The summed E-state index contributed by atoms with van der Waals surface area (Å²) in [5.41, 5.74) is 5.24. The summed E-state index contributed by atoms with van der Waals surface area (Å²) in [7, 11) is 0. The number of nitrogens with zero attached hydrogens (tertiary/aromatic N) is 1. The highest BCUT2D eigenvalue weighted by Gasteiger charge is 2.30. The smallest absolute Gasteiger partial charge is 0.242 e. The Bertz CT molecular complexity index is 217. The van der Waals surface area contributed by atoms with E-state index in [0.717, 1.165) is 0 Å². The first-order valence-corrected chi connectivity index (χ1v) is 4.48. The molecule has 0 aromatic carbocycles. The van der Waals surface area contributed by atoms with Crippen molar-refractivity contribution in [2.24, 2.45) is 5.73 Å². The molecule has 5 nitrogen and oxygen atoms in total. The van der Waals surface area contributed by atoms with Gasteiger partial charge in [0.25, 0.3) is 0 Å². The highest BCUT2D eigenvalue weighted by atomic mass is 16.2. The zero-order chi connectivity index (χ0) is 9.84.